The lowest BCUT2D eigenvalue weighted by molar-refractivity contribution is -0.137. The summed E-state index contributed by atoms with van der Waals surface area (Å²) in [5.41, 5.74) is 2.03. The van der Waals surface area contributed by atoms with Gasteiger partial charge in [-0.15, -0.1) is 0 Å². The summed E-state index contributed by atoms with van der Waals surface area (Å²) in [6.45, 7) is 3.88. The Morgan fingerprint density at radius 1 is 1.30 bits per heavy atom. The maximum absolute atomic E-state index is 12.0. The van der Waals surface area contributed by atoms with E-state index in [-0.39, 0.29) is 18.5 Å². The first-order valence-corrected chi connectivity index (χ1v) is 6.79. The van der Waals surface area contributed by atoms with E-state index in [2.05, 4.69) is 12.2 Å². The molecule has 110 valence electrons. The van der Waals surface area contributed by atoms with Crippen molar-refractivity contribution in [2.45, 2.75) is 39.2 Å². The van der Waals surface area contributed by atoms with E-state index in [1.807, 2.05) is 24.3 Å². The second-order valence-electron chi connectivity index (χ2n) is 4.86. The lowest BCUT2D eigenvalue weighted by atomic mass is 10.1. The molecule has 0 fully saturated rings. The molecule has 1 atom stereocenters. The molecule has 2 N–H and O–H groups in total. The summed E-state index contributed by atoms with van der Waals surface area (Å²) in [7, 11) is 1.69. The summed E-state index contributed by atoms with van der Waals surface area (Å²) in [6, 6.07) is 7.39. The molecule has 0 radical (unpaired) electrons. The van der Waals surface area contributed by atoms with Gasteiger partial charge in [0.05, 0.1) is 0 Å². The summed E-state index contributed by atoms with van der Waals surface area (Å²) < 4.78 is 0. The van der Waals surface area contributed by atoms with E-state index in [9.17, 15) is 9.59 Å². The number of nitrogens with one attached hydrogen (secondary N) is 1. The molecule has 20 heavy (non-hydrogen) atoms. The molecule has 0 bridgehead atoms. The number of carbonyl (C=O) groups is 2. The minimum Gasteiger partial charge on any atom is -0.481 e. The summed E-state index contributed by atoms with van der Waals surface area (Å²) in [5, 5.41) is 11.4. The van der Waals surface area contributed by atoms with E-state index < -0.39 is 5.97 Å². The van der Waals surface area contributed by atoms with Gasteiger partial charge in [0, 0.05) is 25.2 Å². The molecule has 1 rings (SSSR count). The zero-order chi connectivity index (χ0) is 15.1. The quantitative estimate of drug-likeness (QED) is 0.840. The molecule has 0 spiro atoms. The molecule has 0 aliphatic rings. The fourth-order valence-corrected chi connectivity index (χ4v) is 1.79. The number of aliphatic carboxylic acids is 1. The zero-order valence-corrected chi connectivity index (χ0v) is 12.2. The van der Waals surface area contributed by atoms with Crippen LogP contribution in [0.1, 0.15) is 32.3 Å². The van der Waals surface area contributed by atoms with Gasteiger partial charge in [0.1, 0.15) is 0 Å². The Kier molecular flexibility index (Phi) is 6.03. The number of amides is 2. The van der Waals surface area contributed by atoms with Crippen LogP contribution in [-0.2, 0) is 11.2 Å². The predicted molar refractivity (Wildman–Crippen MR) is 79.1 cm³/mol. The highest BCUT2D eigenvalue weighted by molar-refractivity contribution is 5.91. The summed E-state index contributed by atoms with van der Waals surface area (Å²) >= 11 is 0. The van der Waals surface area contributed by atoms with Crippen LogP contribution >= 0.6 is 0 Å². The normalized spacial score (nSPS) is 11.8. The molecule has 0 aliphatic carbocycles. The van der Waals surface area contributed by atoms with Crippen LogP contribution in [0.3, 0.4) is 0 Å². The van der Waals surface area contributed by atoms with E-state index in [0.29, 0.717) is 6.42 Å². The number of anilines is 1. The van der Waals surface area contributed by atoms with Crippen LogP contribution in [0, 0.1) is 0 Å². The van der Waals surface area contributed by atoms with E-state index in [4.69, 9.17) is 5.11 Å². The van der Waals surface area contributed by atoms with Crippen molar-refractivity contribution in [3.05, 3.63) is 29.8 Å². The fourth-order valence-electron chi connectivity index (χ4n) is 1.79. The Bertz CT molecular complexity index is 457. The standard InChI is InChI=1S/C15H22N2O3/c1-4-12-6-8-13(9-7-12)17(3)15(20)16-11(2)5-10-14(18)19/h6-9,11H,4-5,10H2,1-3H3,(H,16,20)(H,18,19). The predicted octanol–water partition coefficient (Wildman–Crippen LogP) is 2.65. The van der Waals surface area contributed by atoms with Gasteiger partial charge in [0.25, 0.3) is 0 Å². The van der Waals surface area contributed by atoms with Crippen molar-refractivity contribution in [1.29, 1.82) is 0 Å². The third-order valence-electron chi connectivity index (χ3n) is 3.20. The molecule has 0 aromatic heterocycles. The van der Waals surface area contributed by atoms with Crippen molar-refractivity contribution < 1.29 is 14.7 Å². The first-order chi connectivity index (χ1) is 9.43. The number of rotatable bonds is 6. The largest absolute Gasteiger partial charge is 0.481 e. The maximum atomic E-state index is 12.0. The zero-order valence-electron chi connectivity index (χ0n) is 12.2. The maximum Gasteiger partial charge on any atom is 0.321 e. The lowest BCUT2D eigenvalue weighted by Crippen LogP contribution is -2.42. The summed E-state index contributed by atoms with van der Waals surface area (Å²) in [5.74, 6) is -0.852. The summed E-state index contributed by atoms with van der Waals surface area (Å²) in [6.07, 6.45) is 1.43. The van der Waals surface area contributed by atoms with Crippen LogP contribution < -0.4 is 10.2 Å². The smallest absolute Gasteiger partial charge is 0.321 e. The monoisotopic (exact) mass is 278 g/mol. The van der Waals surface area contributed by atoms with Gasteiger partial charge in [0.2, 0.25) is 0 Å². The third kappa shape index (κ3) is 4.91. The van der Waals surface area contributed by atoms with Gasteiger partial charge >= 0.3 is 12.0 Å². The van der Waals surface area contributed by atoms with Gasteiger partial charge in [-0.3, -0.25) is 9.69 Å². The number of carboxylic acids is 1. The van der Waals surface area contributed by atoms with Crippen molar-refractivity contribution >= 4 is 17.7 Å². The minimum atomic E-state index is -0.852. The second kappa shape index (κ2) is 7.53. The highest BCUT2D eigenvalue weighted by Crippen LogP contribution is 2.14. The number of hydrogen-bond acceptors (Lipinski definition) is 2. The van der Waals surface area contributed by atoms with Crippen LogP contribution in [0.25, 0.3) is 0 Å². The number of hydrogen-bond donors (Lipinski definition) is 2. The number of benzene rings is 1. The Balaban J connectivity index is 2.55. The van der Waals surface area contributed by atoms with E-state index in [1.165, 1.54) is 10.5 Å². The van der Waals surface area contributed by atoms with E-state index >= 15 is 0 Å². The van der Waals surface area contributed by atoms with Crippen molar-refractivity contribution in [3.63, 3.8) is 0 Å². The molecule has 0 saturated heterocycles. The number of urea groups is 1. The molecule has 1 aromatic rings. The van der Waals surface area contributed by atoms with Crippen molar-refractivity contribution in [1.82, 2.24) is 5.32 Å². The number of carboxylic acid groups (broad SMARTS) is 1. The van der Waals surface area contributed by atoms with Crippen molar-refractivity contribution in [3.8, 4) is 0 Å². The van der Waals surface area contributed by atoms with Crippen LogP contribution in [0.4, 0.5) is 10.5 Å². The summed E-state index contributed by atoms with van der Waals surface area (Å²) in [4.78, 5) is 24.0. The van der Waals surface area contributed by atoms with Crippen LogP contribution in [0.15, 0.2) is 24.3 Å². The minimum absolute atomic E-state index is 0.0519. The Labute approximate surface area is 119 Å². The van der Waals surface area contributed by atoms with E-state index in [1.54, 1.807) is 14.0 Å². The third-order valence-corrected chi connectivity index (χ3v) is 3.20. The number of aryl methyl sites for hydroxylation is 1. The number of nitrogens with zero attached hydrogens (tertiary/aromatic N) is 1. The first kappa shape index (κ1) is 16.0. The lowest BCUT2D eigenvalue weighted by Gasteiger charge is -2.21. The molecular formula is C15H22N2O3. The molecular weight excluding hydrogens is 256 g/mol. The van der Waals surface area contributed by atoms with Gasteiger partial charge in [-0.2, -0.15) is 0 Å². The van der Waals surface area contributed by atoms with Crippen molar-refractivity contribution in [2.24, 2.45) is 0 Å². The average molecular weight is 278 g/mol. The molecule has 1 unspecified atom stereocenters. The second-order valence-corrected chi connectivity index (χ2v) is 4.86. The van der Waals surface area contributed by atoms with Crippen LogP contribution in [-0.4, -0.2) is 30.2 Å². The molecule has 1 aromatic carbocycles. The molecule has 5 nitrogen and oxygen atoms in total. The number of carbonyl (C=O) groups excluding carboxylic acids is 1. The van der Waals surface area contributed by atoms with Gasteiger partial charge in [-0.25, -0.2) is 4.79 Å². The Morgan fingerprint density at radius 3 is 2.40 bits per heavy atom. The topological polar surface area (TPSA) is 69.6 Å². The van der Waals surface area contributed by atoms with Crippen molar-refractivity contribution in [2.75, 3.05) is 11.9 Å². The first-order valence-electron chi connectivity index (χ1n) is 6.79. The molecule has 5 heteroatoms. The van der Waals surface area contributed by atoms with Gasteiger partial charge in [-0.1, -0.05) is 19.1 Å². The molecule has 0 aliphatic heterocycles. The average Bonchev–Trinajstić information content (AvgIpc) is 2.44. The molecule has 2 amide bonds. The molecule has 0 heterocycles. The van der Waals surface area contributed by atoms with Gasteiger partial charge < -0.3 is 10.4 Å². The van der Waals surface area contributed by atoms with Gasteiger partial charge in [-0.05, 0) is 37.5 Å². The van der Waals surface area contributed by atoms with E-state index in [0.717, 1.165) is 12.1 Å². The van der Waals surface area contributed by atoms with Crippen LogP contribution in [0.5, 0.6) is 0 Å². The fraction of sp³-hybridized carbons (Fsp3) is 0.467. The Hall–Kier alpha value is -2.04. The highest BCUT2D eigenvalue weighted by atomic mass is 16.4. The van der Waals surface area contributed by atoms with Crippen LogP contribution in [0.2, 0.25) is 0 Å². The van der Waals surface area contributed by atoms with Gasteiger partial charge in [0.15, 0.2) is 0 Å². The molecule has 0 saturated carbocycles. The SMILES string of the molecule is CCc1ccc(N(C)C(=O)NC(C)CCC(=O)O)cc1. The highest BCUT2D eigenvalue weighted by Gasteiger charge is 2.14. The Morgan fingerprint density at radius 2 is 1.90 bits per heavy atom.